The zero-order chi connectivity index (χ0) is 20.0. The van der Waals surface area contributed by atoms with Crippen molar-refractivity contribution in [2.24, 2.45) is 0 Å². The first-order valence-corrected chi connectivity index (χ1v) is 9.99. The van der Waals surface area contributed by atoms with Gasteiger partial charge in [-0.05, 0) is 43.9 Å². The van der Waals surface area contributed by atoms with Crippen LogP contribution in [0.5, 0.6) is 0 Å². The van der Waals surface area contributed by atoms with Gasteiger partial charge in [-0.25, -0.2) is 0 Å². The molecule has 1 aliphatic rings. The molecule has 0 heterocycles. The molecule has 152 valence electrons. The van der Waals surface area contributed by atoms with Gasteiger partial charge in [0, 0.05) is 25.2 Å². The van der Waals surface area contributed by atoms with E-state index in [-0.39, 0.29) is 6.04 Å². The van der Waals surface area contributed by atoms with Crippen LogP contribution >= 0.6 is 0 Å². The van der Waals surface area contributed by atoms with Crippen molar-refractivity contribution in [3.05, 3.63) is 71.8 Å². The molecular formula is C23H29F3N2. The van der Waals surface area contributed by atoms with Gasteiger partial charge in [0.1, 0.15) is 0 Å². The Morgan fingerprint density at radius 3 is 1.61 bits per heavy atom. The molecule has 2 aromatic carbocycles. The van der Waals surface area contributed by atoms with Gasteiger partial charge in [0.25, 0.3) is 0 Å². The Labute approximate surface area is 166 Å². The summed E-state index contributed by atoms with van der Waals surface area (Å²) in [4.78, 5) is 3.97. The van der Waals surface area contributed by atoms with E-state index in [2.05, 4.69) is 53.4 Å². The molecule has 28 heavy (non-hydrogen) atoms. The second-order valence-corrected chi connectivity index (χ2v) is 7.87. The minimum Gasteiger partial charge on any atom is -0.295 e. The number of hydrogen-bond donors (Lipinski definition) is 0. The molecule has 1 aliphatic carbocycles. The summed E-state index contributed by atoms with van der Waals surface area (Å²) in [7, 11) is 1.60. The highest BCUT2D eigenvalue weighted by molar-refractivity contribution is 5.17. The average Bonchev–Trinajstić information content (AvgIpc) is 2.68. The van der Waals surface area contributed by atoms with E-state index in [4.69, 9.17) is 0 Å². The van der Waals surface area contributed by atoms with Crippen molar-refractivity contribution in [1.29, 1.82) is 0 Å². The molecule has 0 spiro atoms. The fraction of sp³-hybridized carbons (Fsp3) is 0.478. The second-order valence-electron chi connectivity index (χ2n) is 7.87. The standard InChI is InChI=1S/C23H29F3N2/c1-27(18-23(24,25)26)21-12-14-22(15-13-21)28(16-19-8-4-2-5-9-19)17-20-10-6-3-7-11-20/h2-11,21-22H,12-18H2,1H3. The minimum atomic E-state index is -4.13. The van der Waals surface area contributed by atoms with Crippen molar-refractivity contribution in [2.45, 2.75) is 57.0 Å². The second kappa shape index (κ2) is 9.57. The van der Waals surface area contributed by atoms with Gasteiger partial charge in [-0.15, -0.1) is 0 Å². The third kappa shape index (κ3) is 6.35. The summed E-state index contributed by atoms with van der Waals surface area (Å²) < 4.78 is 38.1. The Balaban J connectivity index is 1.64. The van der Waals surface area contributed by atoms with Crippen LogP contribution in [0.1, 0.15) is 36.8 Å². The highest BCUT2D eigenvalue weighted by Crippen LogP contribution is 2.29. The Morgan fingerprint density at radius 1 is 0.750 bits per heavy atom. The minimum absolute atomic E-state index is 0.0215. The third-order valence-corrected chi connectivity index (χ3v) is 5.69. The van der Waals surface area contributed by atoms with Crippen molar-refractivity contribution in [1.82, 2.24) is 9.80 Å². The molecule has 2 aromatic rings. The van der Waals surface area contributed by atoms with Gasteiger partial charge in [0.2, 0.25) is 0 Å². The van der Waals surface area contributed by atoms with Crippen molar-refractivity contribution < 1.29 is 13.2 Å². The van der Waals surface area contributed by atoms with Crippen LogP contribution in [0.2, 0.25) is 0 Å². The molecule has 2 nitrogen and oxygen atoms in total. The fourth-order valence-electron chi connectivity index (χ4n) is 4.23. The first-order valence-electron chi connectivity index (χ1n) is 9.99. The largest absolute Gasteiger partial charge is 0.401 e. The molecule has 1 saturated carbocycles. The molecular weight excluding hydrogens is 361 g/mol. The Morgan fingerprint density at radius 2 is 1.18 bits per heavy atom. The molecule has 0 bridgehead atoms. The third-order valence-electron chi connectivity index (χ3n) is 5.69. The molecule has 1 fully saturated rings. The monoisotopic (exact) mass is 390 g/mol. The van der Waals surface area contributed by atoms with E-state index < -0.39 is 12.7 Å². The lowest BCUT2D eigenvalue weighted by Gasteiger charge is -2.40. The van der Waals surface area contributed by atoms with E-state index in [1.54, 1.807) is 7.05 Å². The maximum Gasteiger partial charge on any atom is 0.401 e. The molecule has 5 heteroatoms. The number of alkyl halides is 3. The van der Waals surface area contributed by atoms with Crippen LogP contribution in [0.4, 0.5) is 13.2 Å². The highest BCUT2D eigenvalue weighted by Gasteiger charge is 2.34. The molecule has 0 aliphatic heterocycles. The van der Waals surface area contributed by atoms with E-state index in [0.717, 1.165) is 38.8 Å². The SMILES string of the molecule is CN(CC(F)(F)F)C1CCC(N(Cc2ccccc2)Cc2ccccc2)CC1. The van der Waals surface area contributed by atoms with Crippen LogP contribution in [0.25, 0.3) is 0 Å². The van der Waals surface area contributed by atoms with E-state index in [1.165, 1.54) is 16.0 Å². The predicted octanol–water partition coefficient (Wildman–Crippen LogP) is 5.49. The van der Waals surface area contributed by atoms with Crippen molar-refractivity contribution in [2.75, 3.05) is 13.6 Å². The summed E-state index contributed by atoms with van der Waals surface area (Å²) in [5, 5.41) is 0. The molecule has 0 saturated heterocycles. The normalized spacial score (nSPS) is 20.6. The van der Waals surface area contributed by atoms with E-state index >= 15 is 0 Å². The van der Waals surface area contributed by atoms with Crippen LogP contribution in [0.15, 0.2) is 60.7 Å². The summed E-state index contributed by atoms with van der Waals surface area (Å²) in [6.07, 6.45) is -0.619. The van der Waals surface area contributed by atoms with Gasteiger partial charge in [-0.3, -0.25) is 9.80 Å². The molecule has 0 unspecified atom stereocenters. The zero-order valence-corrected chi connectivity index (χ0v) is 16.4. The van der Waals surface area contributed by atoms with Gasteiger partial charge in [0.15, 0.2) is 0 Å². The number of rotatable bonds is 7. The topological polar surface area (TPSA) is 6.48 Å². The average molecular weight is 390 g/mol. The number of halogens is 3. The summed E-state index contributed by atoms with van der Waals surface area (Å²) >= 11 is 0. The number of benzene rings is 2. The van der Waals surface area contributed by atoms with E-state index in [1.807, 2.05) is 12.1 Å². The molecule has 0 amide bonds. The maximum atomic E-state index is 12.7. The summed E-state index contributed by atoms with van der Waals surface area (Å²) in [5.41, 5.74) is 2.55. The lowest BCUT2D eigenvalue weighted by Crippen LogP contribution is -2.45. The Kier molecular flexibility index (Phi) is 7.13. The van der Waals surface area contributed by atoms with Crippen LogP contribution in [0, 0.1) is 0 Å². The fourth-order valence-corrected chi connectivity index (χ4v) is 4.23. The molecule has 3 rings (SSSR count). The predicted molar refractivity (Wildman–Crippen MR) is 107 cm³/mol. The number of hydrogen-bond acceptors (Lipinski definition) is 2. The van der Waals surface area contributed by atoms with Crippen LogP contribution < -0.4 is 0 Å². The molecule has 0 N–H and O–H groups in total. The van der Waals surface area contributed by atoms with Crippen molar-refractivity contribution in [3.8, 4) is 0 Å². The quantitative estimate of drug-likeness (QED) is 0.616. The summed E-state index contributed by atoms with van der Waals surface area (Å²) in [5.74, 6) is 0. The van der Waals surface area contributed by atoms with Crippen LogP contribution in [-0.2, 0) is 13.1 Å². The lowest BCUT2D eigenvalue weighted by molar-refractivity contribution is -0.149. The van der Waals surface area contributed by atoms with Gasteiger partial charge < -0.3 is 0 Å². The molecule has 0 aromatic heterocycles. The van der Waals surface area contributed by atoms with Crippen molar-refractivity contribution in [3.63, 3.8) is 0 Å². The van der Waals surface area contributed by atoms with E-state index in [0.29, 0.717) is 6.04 Å². The van der Waals surface area contributed by atoms with Gasteiger partial charge in [-0.1, -0.05) is 60.7 Å². The highest BCUT2D eigenvalue weighted by atomic mass is 19.4. The van der Waals surface area contributed by atoms with Gasteiger partial charge >= 0.3 is 6.18 Å². The zero-order valence-electron chi connectivity index (χ0n) is 16.4. The number of nitrogens with zero attached hydrogens (tertiary/aromatic N) is 2. The first-order chi connectivity index (χ1) is 13.4. The Hall–Kier alpha value is -1.85. The summed E-state index contributed by atoms with van der Waals surface area (Å²) in [6.45, 7) is 0.910. The molecule has 0 radical (unpaired) electrons. The smallest absolute Gasteiger partial charge is 0.295 e. The lowest BCUT2D eigenvalue weighted by atomic mass is 9.88. The van der Waals surface area contributed by atoms with Crippen LogP contribution in [0.3, 0.4) is 0 Å². The Bertz CT molecular complexity index is 653. The van der Waals surface area contributed by atoms with Crippen molar-refractivity contribution >= 4 is 0 Å². The van der Waals surface area contributed by atoms with Gasteiger partial charge in [-0.2, -0.15) is 13.2 Å². The van der Waals surface area contributed by atoms with Gasteiger partial charge in [0.05, 0.1) is 6.54 Å². The first kappa shape index (κ1) is 20.9. The maximum absolute atomic E-state index is 12.7. The van der Waals surface area contributed by atoms with E-state index in [9.17, 15) is 13.2 Å². The van der Waals surface area contributed by atoms with Crippen LogP contribution in [-0.4, -0.2) is 41.7 Å². The summed E-state index contributed by atoms with van der Waals surface area (Å²) in [6, 6.07) is 21.2. The molecule has 0 atom stereocenters.